The normalized spacial score (nSPS) is 12.2. The summed E-state index contributed by atoms with van der Waals surface area (Å²) in [6.45, 7) is 4.92. The van der Waals surface area contributed by atoms with Crippen LogP contribution in [0, 0.1) is 6.92 Å². The van der Waals surface area contributed by atoms with Gasteiger partial charge in [-0.25, -0.2) is 0 Å². The Balaban J connectivity index is 2.01. The third kappa shape index (κ3) is 3.55. The van der Waals surface area contributed by atoms with E-state index in [1.54, 1.807) is 7.11 Å². The SMILES string of the molecule is COc1ccccc1[C@H](C)NCc1ccc(C)cn1. The van der Waals surface area contributed by atoms with Crippen molar-refractivity contribution in [3.63, 3.8) is 0 Å². The number of para-hydroxylation sites is 1. The summed E-state index contributed by atoms with van der Waals surface area (Å²) in [7, 11) is 1.70. The molecule has 0 saturated carbocycles. The zero-order chi connectivity index (χ0) is 13.7. The minimum Gasteiger partial charge on any atom is -0.496 e. The van der Waals surface area contributed by atoms with E-state index in [0.717, 1.165) is 23.6 Å². The number of hydrogen-bond donors (Lipinski definition) is 1. The van der Waals surface area contributed by atoms with Crippen LogP contribution >= 0.6 is 0 Å². The molecule has 0 spiro atoms. The quantitative estimate of drug-likeness (QED) is 0.891. The molecule has 0 aliphatic heterocycles. The van der Waals surface area contributed by atoms with Crippen molar-refractivity contribution >= 4 is 0 Å². The first-order valence-electron chi connectivity index (χ1n) is 6.48. The number of nitrogens with one attached hydrogen (secondary N) is 1. The van der Waals surface area contributed by atoms with Gasteiger partial charge in [0.05, 0.1) is 12.8 Å². The van der Waals surface area contributed by atoms with Gasteiger partial charge in [0, 0.05) is 24.3 Å². The summed E-state index contributed by atoms with van der Waals surface area (Å²) in [5.74, 6) is 0.916. The van der Waals surface area contributed by atoms with Crippen LogP contribution in [-0.4, -0.2) is 12.1 Å². The maximum atomic E-state index is 5.38. The van der Waals surface area contributed by atoms with Gasteiger partial charge in [-0.15, -0.1) is 0 Å². The fourth-order valence-corrected chi connectivity index (χ4v) is 1.99. The lowest BCUT2D eigenvalue weighted by Crippen LogP contribution is -2.19. The van der Waals surface area contributed by atoms with E-state index in [0.29, 0.717) is 0 Å². The Kier molecular flexibility index (Phi) is 4.53. The molecule has 1 aromatic carbocycles. The second-order valence-corrected chi connectivity index (χ2v) is 4.67. The Morgan fingerprint density at radius 1 is 1.21 bits per heavy atom. The number of aryl methyl sites for hydroxylation is 1. The van der Waals surface area contributed by atoms with Crippen molar-refractivity contribution in [2.75, 3.05) is 7.11 Å². The molecule has 3 heteroatoms. The lowest BCUT2D eigenvalue weighted by molar-refractivity contribution is 0.401. The van der Waals surface area contributed by atoms with Crippen molar-refractivity contribution in [2.45, 2.75) is 26.4 Å². The lowest BCUT2D eigenvalue weighted by Gasteiger charge is -2.17. The summed E-state index contributed by atoms with van der Waals surface area (Å²) < 4.78 is 5.38. The Bertz CT molecular complexity index is 523. The maximum absolute atomic E-state index is 5.38. The van der Waals surface area contributed by atoms with Gasteiger partial charge in [-0.2, -0.15) is 0 Å². The molecule has 3 nitrogen and oxygen atoms in total. The molecule has 1 N–H and O–H groups in total. The predicted octanol–water partition coefficient (Wildman–Crippen LogP) is 3.25. The van der Waals surface area contributed by atoms with Crippen molar-refractivity contribution in [3.05, 3.63) is 59.4 Å². The molecule has 0 amide bonds. The highest BCUT2D eigenvalue weighted by molar-refractivity contribution is 5.35. The molecule has 0 aliphatic carbocycles. The summed E-state index contributed by atoms with van der Waals surface area (Å²) in [6.07, 6.45) is 1.89. The number of methoxy groups -OCH3 is 1. The van der Waals surface area contributed by atoms with E-state index in [1.807, 2.05) is 31.3 Å². The molecular formula is C16H20N2O. The van der Waals surface area contributed by atoms with E-state index in [2.05, 4.69) is 35.4 Å². The van der Waals surface area contributed by atoms with Crippen LogP contribution < -0.4 is 10.1 Å². The molecule has 1 atom stereocenters. The highest BCUT2D eigenvalue weighted by atomic mass is 16.5. The van der Waals surface area contributed by atoms with Gasteiger partial charge in [0.2, 0.25) is 0 Å². The summed E-state index contributed by atoms with van der Waals surface area (Å²) in [4.78, 5) is 4.39. The van der Waals surface area contributed by atoms with Gasteiger partial charge >= 0.3 is 0 Å². The van der Waals surface area contributed by atoms with Gasteiger partial charge in [-0.3, -0.25) is 4.98 Å². The number of rotatable bonds is 5. The fourth-order valence-electron chi connectivity index (χ4n) is 1.99. The molecule has 1 aromatic heterocycles. The highest BCUT2D eigenvalue weighted by Crippen LogP contribution is 2.24. The first-order valence-corrected chi connectivity index (χ1v) is 6.48. The summed E-state index contributed by atoms with van der Waals surface area (Å²) in [6, 6.07) is 12.4. The number of benzene rings is 1. The Morgan fingerprint density at radius 2 is 2.00 bits per heavy atom. The maximum Gasteiger partial charge on any atom is 0.123 e. The highest BCUT2D eigenvalue weighted by Gasteiger charge is 2.10. The molecular weight excluding hydrogens is 236 g/mol. The number of ether oxygens (including phenoxy) is 1. The van der Waals surface area contributed by atoms with Crippen molar-refractivity contribution in [2.24, 2.45) is 0 Å². The third-order valence-electron chi connectivity index (χ3n) is 3.17. The zero-order valence-corrected chi connectivity index (χ0v) is 11.7. The topological polar surface area (TPSA) is 34.1 Å². The van der Waals surface area contributed by atoms with Crippen LogP contribution in [0.1, 0.15) is 29.8 Å². The molecule has 0 aliphatic rings. The largest absolute Gasteiger partial charge is 0.496 e. The van der Waals surface area contributed by atoms with Gasteiger partial charge in [-0.1, -0.05) is 24.3 Å². The summed E-state index contributed by atoms with van der Waals surface area (Å²) >= 11 is 0. The van der Waals surface area contributed by atoms with Crippen LogP contribution in [0.25, 0.3) is 0 Å². The van der Waals surface area contributed by atoms with Crippen molar-refractivity contribution in [1.29, 1.82) is 0 Å². The second-order valence-electron chi connectivity index (χ2n) is 4.67. The Morgan fingerprint density at radius 3 is 2.68 bits per heavy atom. The van der Waals surface area contributed by atoms with Crippen LogP contribution in [-0.2, 0) is 6.54 Å². The van der Waals surface area contributed by atoms with Gasteiger partial charge in [-0.05, 0) is 31.5 Å². The molecule has 19 heavy (non-hydrogen) atoms. The number of aromatic nitrogens is 1. The van der Waals surface area contributed by atoms with Crippen molar-refractivity contribution in [1.82, 2.24) is 10.3 Å². The predicted molar refractivity (Wildman–Crippen MR) is 77.2 cm³/mol. The molecule has 0 bridgehead atoms. The van der Waals surface area contributed by atoms with Gasteiger partial charge < -0.3 is 10.1 Å². The zero-order valence-electron chi connectivity index (χ0n) is 11.7. The molecule has 0 radical (unpaired) electrons. The van der Waals surface area contributed by atoms with Crippen molar-refractivity contribution in [3.8, 4) is 5.75 Å². The molecule has 0 saturated heterocycles. The number of pyridine rings is 1. The van der Waals surface area contributed by atoms with Gasteiger partial charge in [0.25, 0.3) is 0 Å². The number of hydrogen-bond acceptors (Lipinski definition) is 3. The van der Waals surface area contributed by atoms with E-state index in [4.69, 9.17) is 4.74 Å². The molecule has 2 aromatic rings. The minimum absolute atomic E-state index is 0.222. The van der Waals surface area contributed by atoms with Crippen LogP contribution in [0.15, 0.2) is 42.6 Å². The third-order valence-corrected chi connectivity index (χ3v) is 3.17. The molecule has 100 valence electrons. The fraction of sp³-hybridized carbons (Fsp3) is 0.312. The summed E-state index contributed by atoms with van der Waals surface area (Å²) in [5, 5.41) is 3.47. The van der Waals surface area contributed by atoms with Crippen LogP contribution in [0.5, 0.6) is 5.75 Å². The average molecular weight is 256 g/mol. The average Bonchev–Trinajstić information content (AvgIpc) is 2.46. The standard InChI is InChI=1S/C16H20N2O/c1-12-8-9-14(18-10-12)11-17-13(2)15-6-4-5-7-16(15)19-3/h4-10,13,17H,11H2,1-3H3/t13-/m0/s1. The van der Waals surface area contributed by atoms with E-state index in [9.17, 15) is 0 Å². The van der Waals surface area contributed by atoms with Crippen LogP contribution in [0.3, 0.4) is 0 Å². The molecule has 1 heterocycles. The Labute approximate surface area is 114 Å². The van der Waals surface area contributed by atoms with E-state index < -0.39 is 0 Å². The second kappa shape index (κ2) is 6.34. The monoisotopic (exact) mass is 256 g/mol. The first-order chi connectivity index (χ1) is 9.20. The number of nitrogens with zero attached hydrogens (tertiary/aromatic N) is 1. The molecule has 0 unspecified atom stereocenters. The van der Waals surface area contributed by atoms with E-state index in [1.165, 1.54) is 5.56 Å². The molecule has 2 rings (SSSR count). The first kappa shape index (κ1) is 13.6. The lowest BCUT2D eigenvalue weighted by atomic mass is 10.1. The van der Waals surface area contributed by atoms with Crippen molar-refractivity contribution < 1.29 is 4.74 Å². The molecule has 0 fully saturated rings. The van der Waals surface area contributed by atoms with Crippen LogP contribution in [0.4, 0.5) is 0 Å². The van der Waals surface area contributed by atoms with Gasteiger partial charge in [0.15, 0.2) is 0 Å². The van der Waals surface area contributed by atoms with E-state index >= 15 is 0 Å². The summed E-state index contributed by atoms with van der Waals surface area (Å²) in [5.41, 5.74) is 3.39. The van der Waals surface area contributed by atoms with Crippen LogP contribution in [0.2, 0.25) is 0 Å². The van der Waals surface area contributed by atoms with E-state index in [-0.39, 0.29) is 6.04 Å². The smallest absolute Gasteiger partial charge is 0.123 e. The van der Waals surface area contributed by atoms with Gasteiger partial charge in [0.1, 0.15) is 5.75 Å². The minimum atomic E-state index is 0.222. The Hall–Kier alpha value is -1.87.